The summed E-state index contributed by atoms with van der Waals surface area (Å²) < 4.78 is 1.65. The first-order valence-corrected chi connectivity index (χ1v) is 7.20. The number of nitrogens with one attached hydrogen (secondary N) is 2. The Balaban J connectivity index is 0.00000242. The van der Waals surface area contributed by atoms with E-state index < -0.39 is 12.1 Å². The second-order valence-electron chi connectivity index (χ2n) is 5.64. The number of nitrogens with zero attached hydrogens (tertiary/aromatic N) is 3. The monoisotopic (exact) mass is 329 g/mol. The van der Waals surface area contributed by atoms with Crippen molar-refractivity contribution in [3.63, 3.8) is 0 Å². The molecule has 2 rings (SSSR count). The van der Waals surface area contributed by atoms with E-state index in [1.54, 1.807) is 36.1 Å². The molecule has 0 aromatic carbocycles. The van der Waals surface area contributed by atoms with Gasteiger partial charge in [0.05, 0.1) is 6.20 Å². The highest BCUT2D eigenvalue weighted by Crippen LogP contribution is 2.17. The maximum absolute atomic E-state index is 12.4. The predicted octanol–water partition coefficient (Wildman–Crippen LogP) is 0.228. The van der Waals surface area contributed by atoms with Crippen LogP contribution in [0.25, 0.3) is 0 Å². The first kappa shape index (κ1) is 18.4. The molecular weight excluding hydrogens is 306 g/mol. The number of aromatic nitrogens is 2. The van der Waals surface area contributed by atoms with Crippen LogP contribution in [0.15, 0.2) is 12.4 Å². The number of hydrogen-bond donors (Lipinski definition) is 2. The number of carbonyl (C=O) groups is 2. The number of halogens is 1. The third kappa shape index (κ3) is 3.78. The molecule has 0 aliphatic carbocycles. The molecule has 22 heavy (non-hydrogen) atoms. The Morgan fingerprint density at radius 2 is 2.14 bits per heavy atom. The molecule has 1 aliphatic heterocycles. The average Bonchev–Trinajstić information content (AvgIpc) is 2.98. The summed E-state index contributed by atoms with van der Waals surface area (Å²) in [5.74, 6) is -0.200. The zero-order chi connectivity index (χ0) is 15.6. The van der Waals surface area contributed by atoms with E-state index in [9.17, 15) is 9.59 Å². The number of rotatable bonds is 5. The number of carbonyl (C=O) groups excluding carboxylic acids is 2. The highest BCUT2D eigenvalue weighted by molar-refractivity contribution is 5.91. The molecule has 2 atom stereocenters. The molecule has 0 spiro atoms. The van der Waals surface area contributed by atoms with E-state index >= 15 is 0 Å². The molecule has 1 aliphatic rings. The van der Waals surface area contributed by atoms with Crippen LogP contribution in [0, 0.1) is 0 Å². The van der Waals surface area contributed by atoms with Crippen LogP contribution in [0.4, 0.5) is 0 Å². The standard InChI is InChI=1S/C14H23N5O2.ClH/c1-9(2)19-6-5-11(14(19)21)17-13(20)12(15-3)10-7-16-18(4)8-10;/h7-9,11-12,15H,5-6H2,1-4H3,(H,17,20);1H. The van der Waals surface area contributed by atoms with Crippen molar-refractivity contribution in [3.8, 4) is 0 Å². The first-order valence-electron chi connectivity index (χ1n) is 7.20. The van der Waals surface area contributed by atoms with Crippen LogP contribution in [0.2, 0.25) is 0 Å². The summed E-state index contributed by atoms with van der Waals surface area (Å²) in [5, 5.41) is 9.88. The van der Waals surface area contributed by atoms with Crippen LogP contribution >= 0.6 is 12.4 Å². The number of aryl methyl sites for hydroxylation is 1. The lowest BCUT2D eigenvalue weighted by molar-refractivity contribution is -0.134. The molecule has 2 heterocycles. The van der Waals surface area contributed by atoms with Crippen LogP contribution in [-0.2, 0) is 16.6 Å². The van der Waals surface area contributed by atoms with Gasteiger partial charge >= 0.3 is 0 Å². The van der Waals surface area contributed by atoms with Gasteiger partial charge < -0.3 is 15.5 Å². The summed E-state index contributed by atoms with van der Waals surface area (Å²) in [7, 11) is 3.52. The smallest absolute Gasteiger partial charge is 0.245 e. The molecule has 7 nitrogen and oxygen atoms in total. The van der Waals surface area contributed by atoms with E-state index in [2.05, 4.69) is 15.7 Å². The van der Waals surface area contributed by atoms with E-state index in [0.29, 0.717) is 13.0 Å². The summed E-state index contributed by atoms with van der Waals surface area (Å²) in [6.07, 6.45) is 4.10. The molecule has 1 saturated heterocycles. The zero-order valence-corrected chi connectivity index (χ0v) is 14.2. The molecule has 124 valence electrons. The van der Waals surface area contributed by atoms with Gasteiger partial charge in [-0.3, -0.25) is 14.3 Å². The second kappa shape index (κ2) is 7.60. The highest BCUT2D eigenvalue weighted by Gasteiger charge is 2.35. The number of likely N-dealkylation sites (tertiary alicyclic amines) is 1. The Morgan fingerprint density at radius 1 is 1.45 bits per heavy atom. The van der Waals surface area contributed by atoms with Crippen LogP contribution in [0.3, 0.4) is 0 Å². The van der Waals surface area contributed by atoms with Crippen molar-refractivity contribution in [2.24, 2.45) is 7.05 Å². The Morgan fingerprint density at radius 3 is 2.59 bits per heavy atom. The van der Waals surface area contributed by atoms with E-state index in [1.165, 1.54) is 0 Å². The van der Waals surface area contributed by atoms with Gasteiger partial charge in [-0.05, 0) is 27.3 Å². The van der Waals surface area contributed by atoms with Gasteiger partial charge in [-0.1, -0.05) is 0 Å². The molecule has 0 radical (unpaired) electrons. The third-order valence-electron chi connectivity index (χ3n) is 3.79. The van der Waals surface area contributed by atoms with Crippen molar-refractivity contribution < 1.29 is 9.59 Å². The fraction of sp³-hybridized carbons (Fsp3) is 0.643. The molecular formula is C14H24ClN5O2. The number of likely N-dealkylation sites (N-methyl/N-ethyl adjacent to an activating group) is 1. The Hall–Kier alpha value is -1.60. The SMILES string of the molecule is CNC(C(=O)NC1CCN(C(C)C)C1=O)c1cnn(C)c1.Cl. The van der Waals surface area contributed by atoms with Gasteiger partial charge in [0.25, 0.3) is 0 Å². The molecule has 1 aromatic rings. The van der Waals surface area contributed by atoms with Crippen LogP contribution in [0.5, 0.6) is 0 Å². The van der Waals surface area contributed by atoms with Gasteiger partial charge in [0, 0.05) is 31.4 Å². The van der Waals surface area contributed by atoms with Crippen molar-refractivity contribution in [1.82, 2.24) is 25.3 Å². The zero-order valence-electron chi connectivity index (χ0n) is 13.4. The van der Waals surface area contributed by atoms with Gasteiger partial charge in [0.15, 0.2) is 0 Å². The van der Waals surface area contributed by atoms with E-state index in [4.69, 9.17) is 0 Å². The molecule has 2 amide bonds. The van der Waals surface area contributed by atoms with Crippen molar-refractivity contribution in [2.45, 2.75) is 38.4 Å². The molecule has 2 unspecified atom stereocenters. The average molecular weight is 330 g/mol. The lowest BCUT2D eigenvalue weighted by Gasteiger charge is -2.22. The summed E-state index contributed by atoms with van der Waals surface area (Å²) >= 11 is 0. The maximum atomic E-state index is 12.4. The third-order valence-corrected chi connectivity index (χ3v) is 3.79. The summed E-state index contributed by atoms with van der Waals surface area (Å²) in [6.45, 7) is 4.65. The van der Waals surface area contributed by atoms with Crippen LogP contribution < -0.4 is 10.6 Å². The van der Waals surface area contributed by atoms with Gasteiger partial charge in [-0.15, -0.1) is 12.4 Å². The fourth-order valence-electron chi connectivity index (χ4n) is 2.64. The summed E-state index contributed by atoms with van der Waals surface area (Å²) in [5.41, 5.74) is 0.781. The number of amides is 2. The fourth-order valence-corrected chi connectivity index (χ4v) is 2.64. The van der Waals surface area contributed by atoms with Gasteiger partial charge in [0.2, 0.25) is 11.8 Å². The van der Waals surface area contributed by atoms with Crippen molar-refractivity contribution in [3.05, 3.63) is 18.0 Å². The first-order chi connectivity index (χ1) is 9.93. The van der Waals surface area contributed by atoms with Gasteiger partial charge in [0.1, 0.15) is 12.1 Å². The van der Waals surface area contributed by atoms with E-state index in [-0.39, 0.29) is 30.3 Å². The molecule has 2 N–H and O–H groups in total. The van der Waals surface area contributed by atoms with Crippen LogP contribution in [-0.4, -0.2) is 52.2 Å². The summed E-state index contributed by atoms with van der Waals surface area (Å²) in [6, 6.07) is -0.759. The minimum absolute atomic E-state index is 0. The van der Waals surface area contributed by atoms with Crippen molar-refractivity contribution in [1.29, 1.82) is 0 Å². The Kier molecular flexibility index (Phi) is 6.37. The highest BCUT2D eigenvalue weighted by atomic mass is 35.5. The van der Waals surface area contributed by atoms with Crippen molar-refractivity contribution in [2.75, 3.05) is 13.6 Å². The van der Waals surface area contributed by atoms with Gasteiger partial charge in [-0.25, -0.2) is 0 Å². The molecule has 8 heteroatoms. The quantitative estimate of drug-likeness (QED) is 0.810. The minimum Gasteiger partial charge on any atom is -0.343 e. The topological polar surface area (TPSA) is 79.3 Å². The Bertz CT molecular complexity index is 531. The second-order valence-corrected chi connectivity index (χ2v) is 5.64. The number of hydrogen-bond acceptors (Lipinski definition) is 4. The molecule has 0 bridgehead atoms. The Labute approximate surface area is 136 Å². The van der Waals surface area contributed by atoms with E-state index in [1.807, 2.05) is 13.8 Å². The van der Waals surface area contributed by atoms with Gasteiger partial charge in [-0.2, -0.15) is 5.10 Å². The lowest BCUT2D eigenvalue weighted by atomic mass is 10.1. The van der Waals surface area contributed by atoms with Crippen LogP contribution in [0.1, 0.15) is 31.9 Å². The largest absolute Gasteiger partial charge is 0.343 e. The predicted molar refractivity (Wildman–Crippen MR) is 85.7 cm³/mol. The van der Waals surface area contributed by atoms with Crippen molar-refractivity contribution >= 4 is 24.2 Å². The lowest BCUT2D eigenvalue weighted by Crippen LogP contribution is -2.46. The van der Waals surface area contributed by atoms with E-state index in [0.717, 1.165) is 5.56 Å². The molecule has 1 fully saturated rings. The molecule has 0 saturated carbocycles. The summed E-state index contributed by atoms with van der Waals surface area (Å²) in [4.78, 5) is 26.4. The normalized spacial score (nSPS) is 19.2. The maximum Gasteiger partial charge on any atom is 0.245 e. The molecule has 1 aromatic heterocycles. The minimum atomic E-state index is -0.500.